The molecule has 0 saturated carbocycles. The number of para-hydroxylation sites is 1. The highest BCUT2D eigenvalue weighted by atomic mass is 32.1. The lowest BCUT2D eigenvalue weighted by Crippen LogP contribution is -2.25. The third-order valence-electron chi connectivity index (χ3n) is 3.37. The number of benzene rings is 2. The van der Waals surface area contributed by atoms with Crippen molar-refractivity contribution in [2.24, 2.45) is 5.10 Å². The van der Waals surface area contributed by atoms with Crippen LogP contribution in [-0.4, -0.2) is 10.8 Å². The van der Waals surface area contributed by atoms with Crippen molar-refractivity contribution >= 4 is 28.7 Å². The van der Waals surface area contributed by atoms with Gasteiger partial charge in [-0.15, -0.1) is 0 Å². The summed E-state index contributed by atoms with van der Waals surface area (Å²) in [6.45, 7) is 0. The first-order valence-corrected chi connectivity index (χ1v) is 7.11. The van der Waals surface area contributed by atoms with E-state index in [1.165, 1.54) is 11.6 Å². The van der Waals surface area contributed by atoms with E-state index in [1.54, 1.807) is 18.2 Å². The third-order valence-corrected chi connectivity index (χ3v) is 3.57. The molecule has 3 rings (SSSR count). The molecule has 1 aliphatic carbocycles. The van der Waals surface area contributed by atoms with Crippen LogP contribution in [0.2, 0.25) is 0 Å². The molecule has 0 amide bonds. The van der Waals surface area contributed by atoms with Gasteiger partial charge in [-0.1, -0.05) is 36.4 Å². The topological polar surface area (TPSA) is 36.4 Å². The number of hydrazone groups is 1. The Morgan fingerprint density at radius 1 is 1.05 bits per heavy atom. The van der Waals surface area contributed by atoms with Gasteiger partial charge in [0.25, 0.3) is 0 Å². The van der Waals surface area contributed by atoms with Crippen LogP contribution in [-0.2, 0) is 6.42 Å². The Bertz CT molecular complexity index is 712. The van der Waals surface area contributed by atoms with Gasteiger partial charge in [-0.05, 0) is 42.8 Å². The summed E-state index contributed by atoms with van der Waals surface area (Å²) < 4.78 is 13.5. The molecule has 0 aromatic heterocycles. The molecule has 106 valence electrons. The maximum absolute atomic E-state index is 13.5. The highest BCUT2D eigenvalue weighted by molar-refractivity contribution is 7.80. The van der Waals surface area contributed by atoms with Crippen molar-refractivity contribution in [2.45, 2.75) is 12.8 Å². The van der Waals surface area contributed by atoms with E-state index in [1.807, 2.05) is 12.1 Å². The van der Waals surface area contributed by atoms with Crippen LogP contribution in [0.4, 0.5) is 10.1 Å². The highest BCUT2D eigenvalue weighted by Gasteiger charge is 2.16. The molecule has 1 aliphatic rings. The minimum Gasteiger partial charge on any atom is -0.329 e. The van der Waals surface area contributed by atoms with E-state index in [-0.39, 0.29) is 10.9 Å². The molecule has 0 fully saturated rings. The SMILES string of the molecule is Fc1ccccc1NC(=S)N/N=C1/CCc2ccccc21. The van der Waals surface area contributed by atoms with Crippen LogP contribution < -0.4 is 10.7 Å². The van der Waals surface area contributed by atoms with E-state index >= 15 is 0 Å². The Labute approximate surface area is 127 Å². The van der Waals surface area contributed by atoms with E-state index in [9.17, 15) is 4.39 Å². The molecule has 2 aromatic carbocycles. The van der Waals surface area contributed by atoms with Crippen LogP contribution in [0.3, 0.4) is 0 Å². The Morgan fingerprint density at radius 3 is 2.67 bits per heavy atom. The van der Waals surface area contributed by atoms with E-state index in [0.29, 0.717) is 5.69 Å². The molecule has 0 saturated heterocycles. The number of hydrogen-bond donors (Lipinski definition) is 2. The van der Waals surface area contributed by atoms with E-state index in [4.69, 9.17) is 12.2 Å². The Balaban J connectivity index is 1.67. The van der Waals surface area contributed by atoms with Gasteiger partial charge >= 0.3 is 0 Å². The first-order valence-electron chi connectivity index (χ1n) is 6.70. The Kier molecular flexibility index (Phi) is 3.92. The molecule has 0 spiro atoms. The van der Waals surface area contributed by atoms with Crippen molar-refractivity contribution in [1.82, 2.24) is 5.43 Å². The largest absolute Gasteiger partial charge is 0.329 e. The van der Waals surface area contributed by atoms with Gasteiger partial charge in [0.1, 0.15) is 5.82 Å². The maximum Gasteiger partial charge on any atom is 0.191 e. The first kappa shape index (κ1) is 13.7. The molecule has 0 atom stereocenters. The summed E-state index contributed by atoms with van der Waals surface area (Å²) in [5, 5.41) is 7.40. The molecule has 0 bridgehead atoms. The summed E-state index contributed by atoms with van der Waals surface area (Å²) in [7, 11) is 0. The fourth-order valence-corrected chi connectivity index (χ4v) is 2.51. The first-order chi connectivity index (χ1) is 10.2. The zero-order valence-corrected chi connectivity index (χ0v) is 12.1. The van der Waals surface area contributed by atoms with Crippen molar-refractivity contribution in [3.05, 3.63) is 65.5 Å². The summed E-state index contributed by atoms with van der Waals surface area (Å²) in [6.07, 6.45) is 1.87. The van der Waals surface area contributed by atoms with Crippen LogP contribution in [0, 0.1) is 5.82 Å². The standard InChI is InChI=1S/C16H14FN3S/c17-13-7-3-4-8-15(13)18-16(21)20-19-14-10-9-11-5-1-2-6-12(11)14/h1-8H,9-10H2,(H2,18,20,21)/b19-14-. The molecule has 3 nitrogen and oxygen atoms in total. The van der Waals surface area contributed by atoms with Crippen molar-refractivity contribution in [2.75, 3.05) is 5.32 Å². The second kappa shape index (κ2) is 6.01. The van der Waals surface area contributed by atoms with E-state index < -0.39 is 0 Å². The van der Waals surface area contributed by atoms with Crippen molar-refractivity contribution in [1.29, 1.82) is 0 Å². The van der Waals surface area contributed by atoms with Crippen LogP contribution in [0.15, 0.2) is 53.6 Å². The molecule has 5 heteroatoms. The summed E-state index contributed by atoms with van der Waals surface area (Å²) in [6, 6.07) is 14.6. The molecular formula is C16H14FN3S. The molecule has 0 unspecified atom stereocenters. The van der Waals surface area contributed by atoms with Crippen LogP contribution in [0.1, 0.15) is 17.5 Å². The van der Waals surface area contributed by atoms with Gasteiger partial charge in [0.2, 0.25) is 0 Å². The minimum atomic E-state index is -0.347. The lowest BCUT2D eigenvalue weighted by molar-refractivity contribution is 0.632. The van der Waals surface area contributed by atoms with Crippen molar-refractivity contribution < 1.29 is 4.39 Å². The number of rotatable bonds is 2. The molecule has 0 aliphatic heterocycles. The second-order valence-electron chi connectivity index (χ2n) is 4.76. The van der Waals surface area contributed by atoms with Gasteiger partial charge in [0.15, 0.2) is 5.11 Å². The Hall–Kier alpha value is -2.27. The number of hydrogen-bond acceptors (Lipinski definition) is 2. The van der Waals surface area contributed by atoms with Crippen molar-refractivity contribution in [3.63, 3.8) is 0 Å². The monoisotopic (exact) mass is 299 g/mol. The van der Waals surface area contributed by atoms with Gasteiger partial charge in [0, 0.05) is 5.56 Å². The fourth-order valence-electron chi connectivity index (χ4n) is 2.35. The lowest BCUT2D eigenvalue weighted by Gasteiger charge is -2.08. The molecule has 0 heterocycles. The summed E-state index contributed by atoms with van der Waals surface area (Å²) in [4.78, 5) is 0. The molecule has 2 aromatic rings. The summed E-state index contributed by atoms with van der Waals surface area (Å²) in [5.74, 6) is -0.347. The third kappa shape index (κ3) is 3.08. The van der Waals surface area contributed by atoms with Crippen LogP contribution in [0.25, 0.3) is 0 Å². The zero-order valence-electron chi connectivity index (χ0n) is 11.3. The van der Waals surface area contributed by atoms with Gasteiger partial charge < -0.3 is 5.32 Å². The van der Waals surface area contributed by atoms with Gasteiger partial charge in [-0.2, -0.15) is 5.10 Å². The average Bonchev–Trinajstić information content (AvgIpc) is 2.91. The number of nitrogens with one attached hydrogen (secondary N) is 2. The number of nitrogens with zero attached hydrogens (tertiary/aromatic N) is 1. The highest BCUT2D eigenvalue weighted by Crippen LogP contribution is 2.21. The minimum absolute atomic E-state index is 0.275. The average molecular weight is 299 g/mol. The predicted molar refractivity (Wildman–Crippen MR) is 87.1 cm³/mol. The molecule has 0 radical (unpaired) electrons. The van der Waals surface area contributed by atoms with Crippen LogP contribution >= 0.6 is 12.2 Å². The number of fused-ring (bicyclic) bond motifs is 1. The number of halogens is 1. The zero-order chi connectivity index (χ0) is 14.7. The summed E-state index contributed by atoms with van der Waals surface area (Å²) >= 11 is 5.13. The van der Waals surface area contributed by atoms with Gasteiger partial charge in [-0.3, -0.25) is 5.43 Å². The predicted octanol–water partition coefficient (Wildman–Crippen LogP) is 3.46. The van der Waals surface area contributed by atoms with Crippen molar-refractivity contribution in [3.8, 4) is 0 Å². The lowest BCUT2D eigenvalue weighted by atomic mass is 10.1. The number of aryl methyl sites for hydroxylation is 1. The molecule has 21 heavy (non-hydrogen) atoms. The smallest absolute Gasteiger partial charge is 0.191 e. The number of thiocarbonyl (C=S) groups is 1. The van der Waals surface area contributed by atoms with E-state index in [0.717, 1.165) is 24.1 Å². The normalized spacial score (nSPS) is 14.8. The fraction of sp³-hybridized carbons (Fsp3) is 0.125. The quantitative estimate of drug-likeness (QED) is 0.658. The maximum atomic E-state index is 13.5. The van der Waals surface area contributed by atoms with E-state index in [2.05, 4.69) is 28.0 Å². The number of anilines is 1. The van der Waals surface area contributed by atoms with Gasteiger partial charge in [-0.25, -0.2) is 4.39 Å². The van der Waals surface area contributed by atoms with Gasteiger partial charge in [0.05, 0.1) is 11.4 Å². The Morgan fingerprint density at radius 2 is 1.81 bits per heavy atom. The molecular weight excluding hydrogens is 285 g/mol. The summed E-state index contributed by atoms with van der Waals surface area (Å²) in [5.41, 5.74) is 6.54. The second-order valence-corrected chi connectivity index (χ2v) is 5.17. The molecule has 2 N–H and O–H groups in total. The van der Waals surface area contributed by atoms with Crippen LogP contribution in [0.5, 0.6) is 0 Å².